The van der Waals surface area contributed by atoms with Crippen molar-refractivity contribution in [2.45, 2.75) is 17.9 Å². The molecule has 148 valence electrons. The van der Waals surface area contributed by atoms with Gasteiger partial charge in [-0.2, -0.15) is 4.31 Å². The molecule has 0 radical (unpaired) electrons. The molecule has 1 aliphatic heterocycles. The third kappa shape index (κ3) is 3.95. The van der Waals surface area contributed by atoms with Crippen LogP contribution in [0.25, 0.3) is 11.3 Å². The summed E-state index contributed by atoms with van der Waals surface area (Å²) in [4.78, 5) is 8.67. The maximum absolute atomic E-state index is 13.3. The molecule has 0 aliphatic carbocycles. The molecule has 1 aliphatic rings. The van der Waals surface area contributed by atoms with E-state index < -0.39 is 10.0 Å². The highest BCUT2D eigenvalue weighted by Crippen LogP contribution is 2.29. The van der Waals surface area contributed by atoms with Crippen LogP contribution in [0.4, 0.5) is 0 Å². The van der Waals surface area contributed by atoms with E-state index in [0.717, 1.165) is 11.1 Å². The van der Waals surface area contributed by atoms with Crippen molar-refractivity contribution in [2.24, 2.45) is 0 Å². The van der Waals surface area contributed by atoms with E-state index in [2.05, 4.69) is 15.3 Å². The third-order valence-electron chi connectivity index (χ3n) is 4.64. The molecule has 28 heavy (non-hydrogen) atoms. The fourth-order valence-corrected chi connectivity index (χ4v) is 4.87. The van der Waals surface area contributed by atoms with Crippen LogP contribution in [-0.4, -0.2) is 42.3 Å². The summed E-state index contributed by atoms with van der Waals surface area (Å²) in [5.41, 5.74) is 2.38. The average molecular weight is 421 g/mol. The van der Waals surface area contributed by atoms with Gasteiger partial charge in [0.1, 0.15) is 12.0 Å². The number of halogens is 1. The maximum atomic E-state index is 13.3. The number of piperazine rings is 1. The zero-order valence-electron chi connectivity index (χ0n) is 15.3. The molecule has 0 saturated carbocycles. The minimum absolute atomic E-state index is 0. The molecule has 1 unspecified atom stereocenters. The Kier molecular flexibility index (Phi) is 6.14. The lowest BCUT2D eigenvalue weighted by Crippen LogP contribution is -2.48. The van der Waals surface area contributed by atoms with Crippen LogP contribution in [0.5, 0.6) is 0 Å². The largest absolute Gasteiger partial charge is 0.449 e. The van der Waals surface area contributed by atoms with Gasteiger partial charge in [0.05, 0.1) is 10.9 Å². The van der Waals surface area contributed by atoms with Crippen molar-refractivity contribution >= 4 is 22.4 Å². The zero-order valence-corrected chi connectivity index (χ0v) is 16.9. The Bertz CT molecular complexity index is 1020. The van der Waals surface area contributed by atoms with Crippen LogP contribution >= 0.6 is 12.4 Å². The van der Waals surface area contributed by atoms with Gasteiger partial charge in [0.2, 0.25) is 10.0 Å². The maximum Gasteiger partial charge on any atom is 0.243 e. The predicted octanol–water partition coefficient (Wildman–Crippen LogP) is 2.80. The highest BCUT2D eigenvalue weighted by molar-refractivity contribution is 7.89. The van der Waals surface area contributed by atoms with Gasteiger partial charge >= 0.3 is 0 Å². The summed E-state index contributed by atoms with van der Waals surface area (Å²) < 4.78 is 33.3. The van der Waals surface area contributed by atoms with E-state index in [1.54, 1.807) is 54.2 Å². The van der Waals surface area contributed by atoms with E-state index in [1.807, 2.05) is 12.1 Å². The van der Waals surface area contributed by atoms with Gasteiger partial charge in [0, 0.05) is 44.5 Å². The first kappa shape index (κ1) is 20.5. The average Bonchev–Trinajstić information content (AvgIpc) is 3.15. The lowest BCUT2D eigenvalue weighted by atomic mass is 10.1. The molecule has 2 aromatic heterocycles. The van der Waals surface area contributed by atoms with E-state index >= 15 is 0 Å². The summed E-state index contributed by atoms with van der Waals surface area (Å²) in [6.45, 7) is 3.35. The normalized spacial score (nSPS) is 17.8. The second-order valence-electron chi connectivity index (χ2n) is 6.40. The predicted molar refractivity (Wildman–Crippen MR) is 108 cm³/mol. The van der Waals surface area contributed by atoms with Crippen molar-refractivity contribution in [3.63, 3.8) is 0 Å². The molecule has 1 saturated heterocycles. The monoisotopic (exact) mass is 420 g/mol. The van der Waals surface area contributed by atoms with Gasteiger partial charge < -0.3 is 9.73 Å². The number of sulfonamides is 1. The molecule has 0 bridgehead atoms. The number of rotatable bonds is 4. The fraction of sp³-hybridized carbons (Fsp3) is 0.263. The Balaban J connectivity index is 0.00000225. The quantitative estimate of drug-likeness (QED) is 0.698. The number of nitrogens with one attached hydrogen (secondary N) is 1. The van der Waals surface area contributed by atoms with E-state index in [4.69, 9.17) is 4.42 Å². The minimum Gasteiger partial charge on any atom is -0.449 e. The van der Waals surface area contributed by atoms with Gasteiger partial charge in [-0.1, -0.05) is 18.2 Å². The van der Waals surface area contributed by atoms with E-state index in [-0.39, 0.29) is 23.3 Å². The van der Waals surface area contributed by atoms with E-state index in [0.29, 0.717) is 31.2 Å². The lowest BCUT2D eigenvalue weighted by molar-refractivity contribution is 0.271. The van der Waals surface area contributed by atoms with Crippen molar-refractivity contribution in [2.75, 3.05) is 19.6 Å². The van der Waals surface area contributed by atoms with E-state index in [1.165, 1.54) is 0 Å². The molecule has 4 rings (SSSR count). The summed E-state index contributed by atoms with van der Waals surface area (Å²) >= 11 is 0. The molecular weight excluding hydrogens is 400 g/mol. The van der Waals surface area contributed by atoms with Crippen LogP contribution in [0.2, 0.25) is 0 Å². The highest BCUT2D eigenvalue weighted by atomic mass is 35.5. The number of pyridine rings is 1. The Hall–Kier alpha value is -2.26. The molecule has 3 heterocycles. The van der Waals surface area contributed by atoms with Gasteiger partial charge in [0.25, 0.3) is 0 Å². The van der Waals surface area contributed by atoms with Crippen LogP contribution in [-0.2, 0) is 10.0 Å². The van der Waals surface area contributed by atoms with Gasteiger partial charge in [-0.15, -0.1) is 12.4 Å². The van der Waals surface area contributed by atoms with Gasteiger partial charge in [-0.3, -0.25) is 4.98 Å². The Morgan fingerprint density at radius 2 is 2.00 bits per heavy atom. The second-order valence-corrected chi connectivity index (χ2v) is 8.29. The van der Waals surface area contributed by atoms with Crippen molar-refractivity contribution < 1.29 is 12.8 Å². The molecule has 7 nitrogen and oxygen atoms in total. The number of oxazole rings is 1. The van der Waals surface area contributed by atoms with Crippen molar-refractivity contribution in [3.8, 4) is 11.3 Å². The number of aromatic nitrogens is 2. The Morgan fingerprint density at radius 3 is 2.64 bits per heavy atom. The smallest absolute Gasteiger partial charge is 0.243 e. The van der Waals surface area contributed by atoms with E-state index in [9.17, 15) is 8.42 Å². The molecule has 9 heteroatoms. The third-order valence-corrected chi connectivity index (χ3v) is 6.56. The lowest BCUT2D eigenvalue weighted by Gasteiger charge is -2.35. The zero-order chi connectivity index (χ0) is 18.9. The van der Waals surface area contributed by atoms with Gasteiger partial charge in [-0.25, -0.2) is 13.4 Å². The summed E-state index contributed by atoms with van der Waals surface area (Å²) in [5.74, 6) is 0.571. The van der Waals surface area contributed by atoms with Gasteiger partial charge in [-0.05, 0) is 23.8 Å². The number of aryl methyl sites for hydroxylation is 1. The molecule has 0 amide bonds. The summed E-state index contributed by atoms with van der Waals surface area (Å²) in [6, 6.07) is 10.2. The molecule has 1 atom stereocenters. The van der Waals surface area contributed by atoms with Crippen molar-refractivity contribution in [1.82, 2.24) is 19.6 Å². The molecule has 1 fully saturated rings. The topological polar surface area (TPSA) is 88.3 Å². The van der Waals surface area contributed by atoms with Crippen LogP contribution in [0.1, 0.15) is 17.5 Å². The molecular formula is C19H21ClN4O3S. The van der Waals surface area contributed by atoms with Gasteiger partial charge in [0.15, 0.2) is 5.89 Å². The SMILES string of the molecule is Cc1nc(-c2ccc(S(=O)(=O)N3CCNCC3c3cccnc3)cc2)co1.Cl. The minimum atomic E-state index is -3.63. The van der Waals surface area contributed by atoms with Crippen LogP contribution in [0.15, 0.2) is 64.4 Å². The molecule has 3 aromatic rings. The fourth-order valence-electron chi connectivity index (χ4n) is 3.26. The van der Waals surface area contributed by atoms with Crippen molar-refractivity contribution in [3.05, 3.63) is 66.5 Å². The van der Waals surface area contributed by atoms with Crippen LogP contribution < -0.4 is 5.32 Å². The van der Waals surface area contributed by atoms with Crippen LogP contribution in [0, 0.1) is 6.92 Å². The summed E-state index contributed by atoms with van der Waals surface area (Å²) in [7, 11) is -3.63. The summed E-state index contributed by atoms with van der Waals surface area (Å²) in [6.07, 6.45) is 4.96. The number of nitrogens with zero attached hydrogens (tertiary/aromatic N) is 3. The standard InChI is InChI=1S/C19H20N4O3S.ClH/c1-14-22-18(13-26-14)15-4-6-17(7-5-15)27(24,25)23-10-9-21-12-19(23)16-3-2-8-20-11-16;/h2-8,11,13,19,21H,9-10,12H2,1H3;1H. The Labute approximate surface area is 170 Å². The summed E-state index contributed by atoms with van der Waals surface area (Å²) in [5, 5.41) is 3.27. The molecule has 1 N–H and O–H groups in total. The number of hydrogen-bond donors (Lipinski definition) is 1. The van der Waals surface area contributed by atoms with Crippen LogP contribution in [0.3, 0.4) is 0 Å². The first-order valence-corrected chi connectivity index (χ1v) is 10.1. The molecule has 0 spiro atoms. The Morgan fingerprint density at radius 1 is 1.21 bits per heavy atom. The number of hydrogen-bond acceptors (Lipinski definition) is 6. The first-order valence-electron chi connectivity index (χ1n) is 8.71. The highest BCUT2D eigenvalue weighted by Gasteiger charge is 2.34. The first-order chi connectivity index (χ1) is 13.1. The molecule has 1 aromatic carbocycles. The van der Waals surface area contributed by atoms with Crippen molar-refractivity contribution in [1.29, 1.82) is 0 Å². The second kappa shape index (κ2) is 8.40. The number of benzene rings is 1.